The smallest absolute Gasteiger partial charge is 0.335 e. The zero-order valence-corrected chi connectivity index (χ0v) is 12.3. The fourth-order valence-electron chi connectivity index (χ4n) is 3.35. The molecule has 2 aromatic carbocycles. The molecule has 0 saturated carbocycles. The molecule has 0 aliphatic rings. The molecule has 0 fully saturated rings. The molecule has 4 rings (SSSR count). The summed E-state index contributed by atoms with van der Waals surface area (Å²) in [7, 11) is 2.02. The maximum absolute atomic E-state index is 11.3. The standard InChI is InChI=1S/C18H14N2O2/c1-10-13-5-6-19-9-12(13)8-15-14-7-11(18(21)22)3-4-16(14)20(2)17(10)15/h3-9H,1-2H3,(H,21,22). The summed E-state index contributed by atoms with van der Waals surface area (Å²) < 4.78 is 2.13. The molecule has 0 unspecified atom stereocenters. The Morgan fingerprint density at radius 3 is 2.73 bits per heavy atom. The Balaban J connectivity index is 2.26. The number of rotatable bonds is 1. The number of nitrogens with zero attached hydrogens (tertiary/aromatic N) is 2. The SMILES string of the molecule is Cc1c2ccncc2cc2c3cc(C(=O)O)ccc3n(C)c12. The summed E-state index contributed by atoms with van der Waals surface area (Å²) in [6, 6.07) is 9.39. The van der Waals surface area contributed by atoms with Crippen molar-refractivity contribution in [1.82, 2.24) is 9.55 Å². The summed E-state index contributed by atoms with van der Waals surface area (Å²) in [5.41, 5.74) is 3.66. The second-order valence-electron chi connectivity index (χ2n) is 5.59. The topological polar surface area (TPSA) is 55.1 Å². The predicted octanol–water partition coefficient (Wildman–Crippen LogP) is 3.89. The van der Waals surface area contributed by atoms with E-state index in [1.807, 2.05) is 25.4 Å². The van der Waals surface area contributed by atoms with Crippen molar-refractivity contribution in [3.63, 3.8) is 0 Å². The number of pyridine rings is 1. The molecule has 0 aliphatic carbocycles. The van der Waals surface area contributed by atoms with Gasteiger partial charge in [0.25, 0.3) is 0 Å². The summed E-state index contributed by atoms with van der Waals surface area (Å²) in [4.78, 5) is 15.4. The van der Waals surface area contributed by atoms with Crippen LogP contribution >= 0.6 is 0 Å². The Morgan fingerprint density at radius 2 is 1.95 bits per heavy atom. The summed E-state index contributed by atoms with van der Waals surface area (Å²) in [5.74, 6) is -0.905. The molecular weight excluding hydrogens is 276 g/mol. The second-order valence-corrected chi connectivity index (χ2v) is 5.59. The van der Waals surface area contributed by atoms with Crippen LogP contribution in [0.15, 0.2) is 42.7 Å². The molecule has 0 atom stereocenters. The Bertz CT molecular complexity index is 1080. The number of hydrogen-bond donors (Lipinski definition) is 1. The van der Waals surface area contributed by atoms with Gasteiger partial charge in [0, 0.05) is 41.1 Å². The van der Waals surface area contributed by atoms with Crippen LogP contribution in [0.4, 0.5) is 0 Å². The monoisotopic (exact) mass is 290 g/mol. The third-order valence-corrected chi connectivity index (χ3v) is 4.40. The number of carbonyl (C=O) groups is 1. The molecule has 4 nitrogen and oxygen atoms in total. The number of benzene rings is 2. The van der Waals surface area contributed by atoms with Gasteiger partial charge in [0.1, 0.15) is 0 Å². The first-order valence-electron chi connectivity index (χ1n) is 7.06. The first kappa shape index (κ1) is 12.8. The van der Waals surface area contributed by atoms with Crippen molar-refractivity contribution in [2.45, 2.75) is 6.92 Å². The van der Waals surface area contributed by atoms with Crippen LogP contribution in [-0.2, 0) is 7.05 Å². The molecule has 2 heterocycles. The minimum atomic E-state index is -0.905. The summed E-state index contributed by atoms with van der Waals surface area (Å²) >= 11 is 0. The number of fused-ring (bicyclic) bond motifs is 4. The Labute approximate surface area is 126 Å². The van der Waals surface area contributed by atoms with Crippen molar-refractivity contribution in [1.29, 1.82) is 0 Å². The van der Waals surface area contributed by atoms with Crippen molar-refractivity contribution in [2.24, 2.45) is 7.05 Å². The molecule has 0 saturated heterocycles. The molecule has 0 radical (unpaired) electrons. The fourth-order valence-corrected chi connectivity index (χ4v) is 3.35. The number of aromatic carboxylic acids is 1. The molecule has 4 heteroatoms. The molecule has 0 spiro atoms. The van der Waals surface area contributed by atoms with Crippen LogP contribution in [0.2, 0.25) is 0 Å². The van der Waals surface area contributed by atoms with E-state index in [1.54, 1.807) is 18.3 Å². The van der Waals surface area contributed by atoms with Gasteiger partial charge in [-0.15, -0.1) is 0 Å². The van der Waals surface area contributed by atoms with E-state index in [0.717, 1.165) is 27.2 Å². The highest BCUT2D eigenvalue weighted by molar-refractivity contribution is 6.15. The van der Waals surface area contributed by atoms with Gasteiger partial charge in [-0.1, -0.05) is 0 Å². The Morgan fingerprint density at radius 1 is 1.14 bits per heavy atom. The maximum Gasteiger partial charge on any atom is 0.335 e. The van der Waals surface area contributed by atoms with Gasteiger partial charge in [0.05, 0.1) is 11.1 Å². The lowest BCUT2D eigenvalue weighted by atomic mass is 10.0. The molecule has 0 amide bonds. The lowest BCUT2D eigenvalue weighted by Gasteiger charge is -2.06. The second kappa shape index (κ2) is 4.31. The number of aromatic nitrogens is 2. The van der Waals surface area contributed by atoms with Crippen LogP contribution in [0.3, 0.4) is 0 Å². The van der Waals surface area contributed by atoms with E-state index in [9.17, 15) is 9.90 Å². The fraction of sp³-hybridized carbons (Fsp3) is 0.111. The van der Waals surface area contributed by atoms with Crippen molar-refractivity contribution >= 4 is 38.5 Å². The zero-order chi connectivity index (χ0) is 15.4. The highest BCUT2D eigenvalue weighted by atomic mass is 16.4. The van der Waals surface area contributed by atoms with Crippen LogP contribution < -0.4 is 0 Å². The van der Waals surface area contributed by atoms with Gasteiger partial charge in [-0.25, -0.2) is 4.79 Å². The summed E-state index contributed by atoms with van der Waals surface area (Å²) in [5, 5.41) is 13.5. The van der Waals surface area contributed by atoms with Crippen LogP contribution in [-0.4, -0.2) is 20.6 Å². The largest absolute Gasteiger partial charge is 0.478 e. The van der Waals surface area contributed by atoms with E-state index in [2.05, 4.69) is 22.5 Å². The van der Waals surface area contributed by atoms with Crippen molar-refractivity contribution in [3.8, 4) is 0 Å². The third-order valence-electron chi connectivity index (χ3n) is 4.40. The van der Waals surface area contributed by atoms with Gasteiger partial charge in [0.2, 0.25) is 0 Å². The lowest BCUT2D eigenvalue weighted by Crippen LogP contribution is -1.95. The number of carboxylic acid groups (broad SMARTS) is 1. The minimum absolute atomic E-state index is 0.309. The van der Waals surface area contributed by atoms with Crippen molar-refractivity contribution < 1.29 is 9.90 Å². The van der Waals surface area contributed by atoms with Crippen LogP contribution in [0.25, 0.3) is 32.6 Å². The number of hydrogen-bond acceptors (Lipinski definition) is 2. The Kier molecular flexibility index (Phi) is 2.51. The Hall–Kier alpha value is -2.88. The molecule has 0 aliphatic heterocycles. The lowest BCUT2D eigenvalue weighted by molar-refractivity contribution is 0.0697. The number of aryl methyl sites for hydroxylation is 2. The van der Waals surface area contributed by atoms with Gasteiger partial charge in [-0.3, -0.25) is 4.98 Å². The predicted molar refractivity (Wildman–Crippen MR) is 87.4 cm³/mol. The van der Waals surface area contributed by atoms with Crippen molar-refractivity contribution in [2.75, 3.05) is 0 Å². The van der Waals surface area contributed by atoms with E-state index in [4.69, 9.17) is 0 Å². The zero-order valence-electron chi connectivity index (χ0n) is 12.3. The van der Waals surface area contributed by atoms with Gasteiger partial charge in [-0.05, 0) is 48.2 Å². The number of carboxylic acids is 1. The average molecular weight is 290 g/mol. The highest BCUT2D eigenvalue weighted by Gasteiger charge is 2.14. The quantitative estimate of drug-likeness (QED) is 0.578. The van der Waals surface area contributed by atoms with Crippen LogP contribution in [0, 0.1) is 6.92 Å². The normalized spacial score (nSPS) is 11.5. The maximum atomic E-state index is 11.3. The molecule has 0 bridgehead atoms. The minimum Gasteiger partial charge on any atom is -0.478 e. The van der Waals surface area contributed by atoms with E-state index in [0.29, 0.717) is 5.56 Å². The average Bonchev–Trinajstić information content (AvgIpc) is 2.80. The molecule has 1 N–H and O–H groups in total. The van der Waals surface area contributed by atoms with E-state index in [-0.39, 0.29) is 0 Å². The molecular formula is C18H14N2O2. The summed E-state index contributed by atoms with van der Waals surface area (Å²) in [6.45, 7) is 2.10. The van der Waals surface area contributed by atoms with Crippen molar-refractivity contribution in [3.05, 3.63) is 53.9 Å². The summed E-state index contributed by atoms with van der Waals surface area (Å²) in [6.07, 6.45) is 3.65. The van der Waals surface area contributed by atoms with E-state index < -0.39 is 5.97 Å². The van der Waals surface area contributed by atoms with Crippen LogP contribution in [0.1, 0.15) is 15.9 Å². The van der Waals surface area contributed by atoms with Crippen LogP contribution in [0.5, 0.6) is 0 Å². The molecule has 2 aromatic heterocycles. The third kappa shape index (κ3) is 1.58. The highest BCUT2D eigenvalue weighted by Crippen LogP contribution is 2.34. The molecule has 4 aromatic rings. The van der Waals surface area contributed by atoms with E-state index >= 15 is 0 Å². The molecule has 22 heavy (non-hydrogen) atoms. The van der Waals surface area contributed by atoms with Gasteiger partial charge >= 0.3 is 5.97 Å². The van der Waals surface area contributed by atoms with Gasteiger partial charge in [-0.2, -0.15) is 0 Å². The molecule has 108 valence electrons. The first-order chi connectivity index (χ1) is 10.6. The van der Waals surface area contributed by atoms with Gasteiger partial charge in [0.15, 0.2) is 0 Å². The van der Waals surface area contributed by atoms with Gasteiger partial charge < -0.3 is 9.67 Å². The first-order valence-corrected chi connectivity index (χ1v) is 7.06. The van der Waals surface area contributed by atoms with E-state index in [1.165, 1.54) is 10.9 Å².